The van der Waals surface area contributed by atoms with Crippen LogP contribution in [0.2, 0.25) is 0 Å². The largest absolute Gasteiger partial charge is 0.330 e. The number of hydrogen-bond donors (Lipinski definition) is 0. The van der Waals surface area contributed by atoms with Gasteiger partial charge in [-0.2, -0.15) is 0 Å². The number of rotatable bonds is 3. The third-order valence-corrected chi connectivity index (χ3v) is 4.58. The Morgan fingerprint density at radius 1 is 0.857 bits per heavy atom. The van der Waals surface area contributed by atoms with Crippen LogP contribution in [0.4, 0.5) is 11.4 Å². The lowest BCUT2D eigenvalue weighted by Crippen LogP contribution is -2.57. The van der Waals surface area contributed by atoms with Crippen molar-refractivity contribution in [2.24, 2.45) is 11.8 Å². The van der Waals surface area contributed by atoms with E-state index in [4.69, 9.17) is 0 Å². The molecule has 3 atom stereocenters. The first-order valence-corrected chi connectivity index (χ1v) is 7.46. The van der Waals surface area contributed by atoms with Crippen LogP contribution >= 0.6 is 0 Å². The Morgan fingerprint density at radius 2 is 1.43 bits per heavy atom. The first-order chi connectivity index (χ1) is 10.4. The number of nitrogens with zero attached hydrogens (tertiary/aromatic N) is 1. The summed E-state index contributed by atoms with van der Waals surface area (Å²) >= 11 is 0. The van der Waals surface area contributed by atoms with Gasteiger partial charge in [-0.1, -0.05) is 48.6 Å². The van der Waals surface area contributed by atoms with Gasteiger partial charge in [-0.15, -0.1) is 0 Å². The van der Waals surface area contributed by atoms with Gasteiger partial charge in [0.25, 0.3) is 0 Å². The standard InChI is InChI=1S/C19H17NO/c21-19-17-13-7-12-16(17)18(19)20(14-8-3-1-4-9-14)15-10-5-2-6-11-15/h1-12,16-18H,13H2/t16-,17+,18?/m0/s1. The quantitative estimate of drug-likeness (QED) is 0.790. The van der Waals surface area contributed by atoms with Crippen LogP contribution in [0.25, 0.3) is 0 Å². The lowest BCUT2D eigenvalue weighted by Gasteiger charge is -2.46. The zero-order chi connectivity index (χ0) is 14.2. The van der Waals surface area contributed by atoms with E-state index in [-0.39, 0.29) is 12.0 Å². The molecular weight excluding hydrogens is 258 g/mol. The Morgan fingerprint density at radius 3 is 2.00 bits per heavy atom. The van der Waals surface area contributed by atoms with E-state index in [1.165, 1.54) is 0 Å². The van der Waals surface area contributed by atoms with E-state index in [2.05, 4.69) is 41.3 Å². The van der Waals surface area contributed by atoms with Crippen LogP contribution in [0.1, 0.15) is 6.42 Å². The zero-order valence-corrected chi connectivity index (χ0v) is 11.7. The molecule has 2 aliphatic rings. The number of allylic oxidation sites excluding steroid dienone is 1. The summed E-state index contributed by atoms with van der Waals surface area (Å²) < 4.78 is 0. The van der Waals surface area contributed by atoms with Gasteiger partial charge < -0.3 is 4.90 Å². The van der Waals surface area contributed by atoms with Crippen molar-refractivity contribution in [1.82, 2.24) is 0 Å². The molecule has 0 saturated heterocycles. The van der Waals surface area contributed by atoms with Gasteiger partial charge in [0, 0.05) is 23.2 Å². The van der Waals surface area contributed by atoms with Crippen LogP contribution in [-0.4, -0.2) is 11.8 Å². The molecule has 0 bridgehead atoms. The predicted octanol–water partition coefficient (Wildman–Crippen LogP) is 3.97. The topological polar surface area (TPSA) is 20.3 Å². The number of anilines is 2. The molecule has 2 heteroatoms. The van der Waals surface area contributed by atoms with Crippen molar-refractivity contribution >= 4 is 17.2 Å². The third-order valence-electron chi connectivity index (χ3n) is 4.58. The number of benzene rings is 2. The second-order valence-corrected chi connectivity index (χ2v) is 5.74. The summed E-state index contributed by atoms with van der Waals surface area (Å²) in [7, 11) is 0. The minimum atomic E-state index is -0.0569. The maximum absolute atomic E-state index is 12.5. The summed E-state index contributed by atoms with van der Waals surface area (Å²) in [5, 5.41) is 0. The number of fused-ring (bicyclic) bond motifs is 1. The van der Waals surface area contributed by atoms with E-state index < -0.39 is 0 Å². The smallest absolute Gasteiger partial charge is 0.160 e. The molecule has 0 heterocycles. The molecule has 0 radical (unpaired) electrons. The van der Waals surface area contributed by atoms with E-state index in [9.17, 15) is 4.79 Å². The molecule has 1 unspecified atom stereocenters. The Kier molecular flexibility index (Phi) is 2.88. The van der Waals surface area contributed by atoms with Gasteiger partial charge in [-0.05, 0) is 30.7 Å². The lowest BCUT2D eigenvalue weighted by atomic mass is 9.69. The lowest BCUT2D eigenvalue weighted by molar-refractivity contribution is -0.133. The molecule has 4 rings (SSSR count). The SMILES string of the molecule is O=C1C(N(c2ccccc2)c2ccccc2)[C@H]2C=CC[C@@H]12. The van der Waals surface area contributed by atoms with Gasteiger partial charge >= 0.3 is 0 Å². The number of carbonyl (C=O) groups excluding carboxylic acids is 1. The highest BCUT2D eigenvalue weighted by Gasteiger charge is 2.52. The van der Waals surface area contributed by atoms with Crippen molar-refractivity contribution < 1.29 is 4.79 Å². The summed E-state index contributed by atoms with van der Waals surface area (Å²) in [5.74, 6) is 0.945. The van der Waals surface area contributed by atoms with Gasteiger partial charge in [0.15, 0.2) is 5.78 Å². The molecular formula is C19H17NO. The van der Waals surface area contributed by atoms with Crippen molar-refractivity contribution in [3.63, 3.8) is 0 Å². The molecule has 0 N–H and O–H groups in total. The minimum Gasteiger partial charge on any atom is -0.330 e. The van der Waals surface area contributed by atoms with Crippen molar-refractivity contribution in [3.8, 4) is 0 Å². The van der Waals surface area contributed by atoms with Crippen LogP contribution < -0.4 is 4.90 Å². The maximum atomic E-state index is 12.5. The van der Waals surface area contributed by atoms with Gasteiger partial charge in [-0.25, -0.2) is 0 Å². The second-order valence-electron chi connectivity index (χ2n) is 5.74. The second kappa shape index (κ2) is 4.88. The highest BCUT2D eigenvalue weighted by atomic mass is 16.1. The van der Waals surface area contributed by atoms with Gasteiger partial charge in [-0.3, -0.25) is 4.79 Å². The van der Waals surface area contributed by atoms with E-state index in [1.54, 1.807) is 0 Å². The number of para-hydroxylation sites is 2. The first-order valence-electron chi connectivity index (χ1n) is 7.46. The van der Waals surface area contributed by atoms with Crippen LogP contribution in [0.5, 0.6) is 0 Å². The number of carbonyl (C=O) groups is 1. The normalized spacial score (nSPS) is 26.3. The number of Topliss-reactive ketones (excluding diaryl/α,β-unsaturated/α-hetero) is 1. The van der Waals surface area contributed by atoms with Crippen LogP contribution in [0, 0.1) is 11.8 Å². The molecule has 2 aliphatic carbocycles. The summed E-state index contributed by atoms with van der Waals surface area (Å²) in [6.07, 6.45) is 5.29. The van der Waals surface area contributed by atoms with Gasteiger partial charge in [0.1, 0.15) is 0 Å². The van der Waals surface area contributed by atoms with Crippen molar-refractivity contribution in [2.75, 3.05) is 4.90 Å². The summed E-state index contributed by atoms with van der Waals surface area (Å²) in [6, 6.07) is 20.4. The molecule has 104 valence electrons. The van der Waals surface area contributed by atoms with E-state index >= 15 is 0 Å². The molecule has 0 spiro atoms. The fourth-order valence-corrected chi connectivity index (χ4v) is 3.54. The fourth-order valence-electron chi connectivity index (χ4n) is 3.54. The zero-order valence-electron chi connectivity index (χ0n) is 11.7. The van der Waals surface area contributed by atoms with Gasteiger partial charge in [0.05, 0.1) is 6.04 Å². The molecule has 1 fully saturated rings. The highest BCUT2D eigenvalue weighted by molar-refractivity contribution is 5.99. The number of hydrogen-bond acceptors (Lipinski definition) is 2. The molecule has 1 saturated carbocycles. The summed E-state index contributed by atoms with van der Waals surface area (Å²) in [5.41, 5.74) is 2.17. The van der Waals surface area contributed by atoms with Gasteiger partial charge in [0.2, 0.25) is 0 Å². The minimum absolute atomic E-state index is 0.0569. The maximum Gasteiger partial charge on any atom is 0.160 e. The summed E-state index contributed by atoms with van der Waals surface area (Å²) in [6.45, 7) is 0. The molecule has 0 amide bonds. The van der Waals surface area contributed by atoms with E-state index in [1.807, 2.05) is 36.4 Å². The first kappa shape index (κ1) is 12.4. The van der Waals surface area contributed by atoms with Crippen molar-refractivity contribution in [3.05, 3.63) is 72.8 Å². The van der Waals surface area contributed by atoms with Crippen molar-refractivity contribution in [1.29, 1.82) is 0 Å². The predicted molar refractivity (Wildman–Crippen MR) is 84.6 cm³/mol. The number of ketones is 1. The van der Waals surface area contributed by atoms with E-state index in [0.29, 0.717) is 11.7 Å². The van der Waals surface area contributed by atoms with Crippen molar-refractivity contribution in [2.45, 2.75) is 12.5 Å². The molecule has 2 nitrogen and oxygen atoms in total. The molecule has 0 aliphatic heterocycles. The molecule has 21 heavy (non-hydrogen) atoms. The Labute approximate surface area is 124 Å². The van der Waals surface area contributed by atoms with E-state index in [0.717, 1.165) is 17.8 Å². The van der Waals surface area contributed by atoms with Crippen LogP contribution in [-0.2, 0) is 4.79 Å². The molecule has 2 aromatic carbocycles. The Balaban J connectivity index is 1.78. The average molecular weight is 275 g/mol. The Hall–Kier alpha value is -2.35. The molecule has 2 aromatic rings. The van der Waals surface area contributed by atoms with Crippen LogP contribution in [0.3, 0.4) is 0 Å². The summed E-state index contributed by atoms with van der Waals surface area (Å²) in [4.78, 5) is 14.7. The Bertz CT molecular complexity index is 638. The fraction of sp³-hybridized carbons (Fsp3) is 0.211. The highest BCUT2D eigenvalue weighted by Crippen LogP contribution is 2.46. The van der Waals surface area contributed by atoms with Crippen LogP contribution in [0.15, 0.2) is 72.8 Å². The third kappa shape index (κ3) is 1.90. The average Bonchev–Trinajstić information content (AvgIpc) is 2.98. The monoisotopic (exact) mass is 275 g/mol. The molecule has 0 aromatic heterocycles.